The van der Waals surface area contributed by atoms with Gasteiger partial charge in [-0.25, -0.2) is 0 Å². The maximum absolute atomic E-state index is 10.1. The van der Waals surface area contributed by atoms with Crippen molar-refractivity contribution in [1.82, 2.24) is 0 Å². The normalized spacial score (nSPS) is 24.5. The molecule has 0 aromatic carbocycles. The summed E-state index contributed by atoms with van der Waals surface area (Å²) in [5, 5.41) is 10.1. The summed E-state index contributed by atoms with van der Waals surface area (Å²) in [4.78, 5) is 0. The zero-order chi connectivity index (χ0) is 30.6. The van der Waals surface area contributed by atoms with E-state index in [1.165, 1.54) is 46.3 Å². The molecule has 0 aromatic rings. The maximum Gasteiger partial charge on any atom is 0.0586 e. The monoisotopic (exact) mass is 550 g/mol. The topological polar surface area (TPSA) is 20.2 Å². The molecule has 0 aliphatic heterocycles. The molecule has 220 valence electrons. The molecule has 2 unspecified atom stereocenters. The second-order valence-corrected chi connectivity index (χ2v) is 13.3. The van der Waals surface area contributed by atoms with Gasteiger partial charge in [0.25, 0.3) is 0 Å². The van der Waals surface area contributed by atoms with Crippen molar-refractivity contribution in [2.24, 2.45) is 16.7 Å². The van der Waals surface area contributed by atoms with Crippen LogP contribution in [0.3, 0.4) is 0 Å². The Morgan fingerprint density at radius 1 is 0.829 bits per heavy atom. The van der Waals surface area contributed by atoms with Crippen LogP contribution in [0.2, 0.25) is 0 Å². The van der Waals surface area contributed by atoms with Gasteiger partial charge in [0.2, 0.25) is 0 Å². The highest BCUT2D eigenvalue weighted by Crippen LogP contribution is 2.42. The highest BCUT2D eigenvalue weighted by atomic mass is 16.3. The molecule has 2 aliphatic carbocycles. The molecular weight excluding hydrogens is 496 g/mol. The van der Waals surface area contributed by atoms with Crippen molar-refractivity contribution in [3.63, 3.8) is 0 Å². The molecule has 0 bridgehead atoms. The van der Waals surface area contributed by atoms with Crippen molar-refractivity contribution in [2.75, 3.05) is 0 Å². The summed E-state index contributed by atoms with van der Waals surface area (Å²) in [6, 6.07) is 0. The van der Waals surface area contributed by atoms with Crippen LogP contribution in [0.5, 0.6) is 0 Å². The molecule has 1 nitrogen and oxygen atoms in total. The van der Waals surface area contributed by atoms with E-state index in [1.807, 2.05) is 6.92 Å². The molecule has 2 atom stereocenters. The van der Waals surface area contributed by atoms with Gasteiger partial charge in [-0.05, 0) is 78.2 Å². The summed E-state index contributed by atoms with van der Waals surface area (Å²) in [5.74, 6) is 7.21. The number of aliphatic hydroxyl groups excluding tert-OH is 1. The van der Waals surface area contributed by atoms with Gasteiger partial charge >= 0.3 is 0 Å². The molecule has 1 heteroatoms. The number of hydrogen-bond acceptors (Lipinski definition) is 1. The van der Waals surface area contributed by atoms with E-state index in [1.54, 1.807) is 0 Å². The van der Waals surface area contributed by atoms with Crippen LogP contribution in [0, 0.1) is 28.6 Å². The second-order valence-electron chi connectivity index (χ2n) is 13.3. The Kier molecular flexibility index (Phi) is 13.1. The minimum atomic E-state index is -0.254. The van der Waals surface area contributed by atoms with Crippen LogP contribution in [0.25, 0.3) is 0 Å². The molecule has 0 radical (unpaired) electrons. The number of hydrogen-bond donors (Lipinski definition) is 1. The van der Waals surface area contributed by atoms with Gasteiger partial charge in [-0.3, -0.25) is 0 Å². The van der Waals surface area contributed by atoms with E-state index in [9.17, 15) is 5.11 Å². The van der Waals surface area contributed by atoms with E-state index < -0.39 is 0 Å². The minimum absolute atomic E-state index is 0.0742. The lowest BCUT2D eigenvalue weighted by Crippen LogP contribution is -2.28. The van der Waals surface area contributed by atoms with Crippen LogP contribution in [-0.2, 0) is 0 Å². The molecule has 2 aliphatic rings. The molecule has 0 saturated carbocycles. The molecule has 0 heterocycles. The second kappa shape index (κ2) is 15.8. The molecule has 0 amide bonds. The first-order valence-corrected chi connectivity index (χ1v) is 15.2. The minimum Gasteiger partial charge on any atom is -0.393 e. The average Bonchev–Trinajstić information content (AvgIpc) is 2.84. The van der Waals surface area contributed by atoms with Gasteiger partial charge in [0.05, 0.1) is 6.10 Å². The third-order valence-electron chi connectivity index (χ3n) is 8.17. The van der Waals surface area contributed by atoms with E-state index in [2.05, 4.69) is 153 Å². The molecular formula is C40H54O. The Morgan fingerprint density at radius 3 is 1.98 bits per heavy atom. The number of rotatable bonds is 8. The average molecular weight is 551 g/mol. The Hall–Kier alpha value is -3.08. The Bertz CT molecular complexity index is 1290. The summed E-state index contributed by atoms with van der Waals surface area (Å²) in [6.07, 6.45) is 31.8. The fourth-order valence-electron chi connectivity index (χ4n) is 5.78. The molecule has 1 N–H and O–H groups in total. The molecule has 41 heavy (non-hydrogen) atoms. The van der Waals surface area contributed by atoms with Gasteiger partial charge in [0, 0.05) is 16.9 Å². The van der Waals surface area contributed by atoms with E-state index in [4.69, 9.17) is 0 Å². The fourth-order valence-corrected chi connectivity index (χ4v) is 5.78. The summed E-state index contributed by atoms with van der Waals surface area (Å²) in [5.41, 5.74) is 8.82. The predicted molar refractivity (Wildman–Crippen MR) is 181 cm³/mol. The van der Waals surface area contributed by atoms with Crippen LogP contribution in [0.1, 0.15) is 94.9 Å². The van der Waals surface area contributed by atoms with Crippen LogP contribution < -0.4 is 0 Å². The standard InChI is InChI=1S/C40H54O/c1-30(18-13-20-32(3)23-25-37-34(5)22-15-27-39(37,7)8)16-11-12-17-31(2)19-14-21-33(4)24-26-38-35(6)28-36(41)29-40(38,9)10/h11-14,16-23,25,36-37,41H,15,27-29H2,1-10H3. The third-order valence-corrected chi connectivity index (χ3v) is 8.17. The van der Waals surface area contributed by atoms with Crippen LogP contribution >= 0.6 is 0 Å². The first-order chi connectivity index (χ1) is 19.2. The van der Waals surface area contributed by atoms with E-state index in [0.29, 0.717) is 11.3 Å². The first kappa shape index (κ1) is 34.1. The van der Waals surface area contributed by atoms with E-state index in [-0.39, 0.29) is 11.5 Å². The Morgan fingerprint density at radius 2 is 1.39 bits per heavy atom. The Labute approximate surface area is 252 Å². The highest BCUT2D eigenvalue weighted by Gasteiger charge is 2.32. The predicted octanol–water partition coefficient (Wildman–Crippen LogP) is 10.9. The molecule has 0 spiro atoms. The summed E-state index contributed by atoms with van der Waals surface area (Å²) in [6.45, 7) is 21.9. The molecule has 0 aromatic heterocycles. The van der Waals surface area contributed by atoms with Gasteiger partial charge in [0.1, 0.15) is 0 Å². The largest absolute Gasteiger partial charge is 0.393 e. The smallest absolute Gasteiger partial charge is 0.0586 e. The number of aliphatic hydroxyl groups is 1. The van der Waals surface area contributed by atoms with Gasteiger partial charge < -0.3 is 5.11 Å². The van der Waals surface area contributed by atoms with Gasteiger partial charge in [-0.1, -0.05) is 146 Å². The number of allylic oxidation sites excluding steroid dienone is 19. The highest BCUT2D eigenvalue weighted by molar-refractivity contribution is 5.45. The van der Waals surface area contributed by atoms with Gasteiger partial charge in [-0.2, -0.15) is 0 Å². The van der Waals surface area contributed by atoms with Crippen molar-refractivity contribution in [1.29, 1.82) is 0 Å². The van der Waals surface area contributed by atoms with Crippen LogP contribution in [0.4, 0.5) is 0 Å². The zero-order valence-electron chi connectivity index (χ0n) is 27.4. The zero-order valence-corrected chi connectivity index (χ0v) is 27.4. The van der Waals surface area contributed by atoms with Crippen molar-refractivity contribution in [3.05, 3.63) is 118 Å². The molecule has 2 rings (SSSR count). The maximum atomic E-state index is 10.1. The Balaban J connectivity index is 1.90. The van der Waals surface area contributed by atoms with E-state index >= 15 is 0 Å². The van der Waals surface area contributed by atoms with Crippen molar-refractivity contribution in [3.8, 4) is 11.8 Å². The van der Waals surface area contributed by atoms with Crippen molar-refractivity contribution < 1.29 is 5.11 Å². The summed E-state index contributed by atoms with van der Waals surface area (Å²) in [7, 11) is 0. The van der Waals surface area contributed by atoms with Gasteiger partial charge in [-0.15, -0.1) is 0 Å². The van der Waals surface area contributed by atoms with Crippen molar-refractivity contribution in [2.45, 2.75) is 101 Å². The van der Waals surface area contributed by atoms with Crippen LogP contribution in [-0.4, -0.2) is 11.2 Å². The third kappa shape index (κ3) is 11.7. The van der Waals surface area contributed by atoms with Gasteiger partial charge in [0.15, 0.2) is 0 Å². The summed E-state index contributed by atoms with van der Waals surface area (Å²) >= 11 is 0. The lowest BCUT2D eigenvalue weighted by Gasteiger charge is -2.36. The van der Waals surface area contributed by atoms with Crippen LogP contribution in [0.15, 0.2) is 118 Å². The first-order valence-electron chi connectivity index (χ1n) is 15.2. The quantitative estimate of drug-likeness (QED) is 0.181. The molecule has 0 fully saturated rings. The fraction of sp³-hybridized carbons (Fsp3) is 0.450. The lowest BCUT2D eigenvalue weighted by atomic mass is 9.68. The van der Waals surface area contributed by atoms with E-state index in [0.717, 1.165) is 18.4 Å². The molecule has 0 saturated heterocycles. The van der Waals surface area contributed by atoms with Crippen molar-refractivity contribution >= 4 is 0 Å². The summed E-state index contributed by atoms with van der Waals surface area (Å²) < 4.78 is 0. The lowest BCUT2D eigenvalue weighted by molar-refractivity contribution is 0.117. The SMILES string of the molecule is CC(C#CC1=C(C)CC(O)CC1(C)C)=CC=CC(C)=CC=CC=C(C)C=CC=C(C)C=CC1C(C)=CCCC1(C)C.